The van der Waals surface area contributed by atoms with Gasteiger partial charge >= 0.3 is 0 Å². The van der Waals surface area contributed by atoms with E-state index in [0.717, 1.165) is 19.5 Å². The average molecular weight is 232 g/mol. The lowest BCUT2D eigenvalue weighted by Gasteiger charge is -2.40. The summed E-state index contributed by atoms with van der Waals surface area (Å²) < 4.78 is 0. The van der Waals surface area contributed by atoms with Gasteiger partial charge in [0.15, 0.2) is 0 Å². The molecule has 2 rings (SSSR count). The predicted molar refractivity (Wildman–Crippen MR) is 69.0 cm³/mol. The molecule has 0 saturated carbocycles. The third-order valence-corrected chi connectivity index (χ3v) is 4.17. The highest BCUT2D eigenvalue weighted by atomic mass is 16.1. The Labute approximate surface area is 102 Å². The SMILES string of the molecule is C[C@H]1CNCC[C@@]1(C)c1cccc(C(N)=O)c1. The molecule has 1 heterocycles. The standard InChI is InChI=1S/C14H20N2O/c1-10-9-16-7-6-14(10,2)12-5-3-4-11(8-12)13(15)17/h3-5,8,10,16H,6-7,9H2,1-2H3,(H2,15,17)/t10-,14+/m0/s1. The molecule has 1 fully saturated rings. The first-order valence-corrected chi connectivity index (χ1v) is 6.15. The van der Waals surface area contributed by atoms with Crippen LogP contribution in [-0.4, -0.2) is 19.0 Å². The summed E-state index contributed by atoms with van der Waals surface area (Å²) in [6.45, 7) is 6.58. The highest BCUT2D eigenvalue weighted by molar-refractivity contribution is 5.92. The predicted octanol–water partition coefficient (Wildman–Crippen LogP) is 1.67. The number of carbonyl (C=O) groups excluding carboxylic acids is 1. The molecule has 2 atom stereocenters. The van der Waals surface area contributed by atoms with Crippen molar-refractivity contribution >= 4 is 5.91 Å². The van der Waals surface area contributed by atoms with Gasteiger partial charge in [0, 0.05) is 5.56 Å². The van der Waals surface area contributed by atoms with Crippen LogP contribution in [0.5, 0.6) is 0 Å². The van der Waals surface area contributed by atoms with E-state index in [0.29, 0.717) is 11.5 Å². The van der Waals surface area contributed by atoms with Crippen molar-refractivity contribution in [2.75, 3.05) is 13.1 Å². The first kappa shape index (κ1) is 12.1. The fourth-order valence-electron chi connectivity index (χ4n) is 2.59. The van der Waals surface area contributed by atoms with E-state index in [1.807, 2.05) is 12.1 Å². The Morgan fingerprint density at radius 3 is 2.94 bits per heavy atom. The number of amides is 1. The van der Waals surface area contributed by atoms with E-state index in [-0.39, 0.29) is 11.3 Å². The van der Waals surface area contributed by atoms with Crippen LogP contribution >= 0.6 is 0 Å². The normalized spacial score (nSPS) is 28.9. The van der Waals surface area contributed by atoms with Crippen LogP contribution in [0.2, 0.25) is 0 Å². The molecule has 17 heavy (non-hydrogen) atoms. The summed E-state index contributed by atoms with van der Waals surface area (Å²) >= 11 is 0. The summed E-state index contributed by atoms with van der Waals surface area (Å²) in [7, 11) is 0. The van der Waals surface area contributed by atoms with Gasteiger partial charge in [0.2, 0.25) is 5.91 Å². The Morgan fingerprint density at radius 1 is 1.53 bits per heavy atom. The molecule has 0 bridgehead atoms. The van der Waals surface area contributed by atoms with Gasteiger partial charge < -0.3 is 11.1 Å². The van der Waals surface area contributed by atoms with Gasteiger partial charge in [-0.2, -0.15) is 0 Å². The van der Waals surface area contributed by atoms with Crippen LogP contribution < -0.4 is 11.1 Å². The van der Waals surface area contributed by atoms with Crippen molar-refractivity contribution < 1.29 is 4.79 Å². The number of nitrogens with one attached hydrogen (secondary N) is 1. The van der Waals surface area contributed by atoms with Gasteiger partial charge in [-0.1, -0.05) is 26.0 Å². The Kier molecular flexibility index (Phi) is 3.20. The molecule has 1 aliphatic heterocycles. The number of benzene rings is 1. The maximum atomic E-state index is 11.2. The van der Waals surface area contributed by atoms with E-state index in [1.54, 1.807) is 6.07 Å². The zero-order chi connectivity index (χ0) is 12.5. The third kappa shape index (κ3) is 2.20. The molecule has 0 unspecified atom stereocenters. The Bertz CT molecular complexity index is 430. The first-order valence-electron chi connectivity index (χ1n) is 6.15. The minimum absolute atomic E-state index is 0.136. The number of rotatable bonds is 2. The maximum Gasteiger partial charge on any atom is 0.248 e. The van der Waals surface area contributed by atoms with Crippen LogP contribution in [0.15, 0.2) is 24.3 Å². The van der Waals surface area contributed by atoms with Crippen molar-refractivity contribution in [3.63, 3.8) is 0 Å². The summed E-state index contributed by atoms with van der Waals surface area (Å²) in [5.74, 6) is 0.205. The summed E-state index contributed by atoms with van der Waals surface area (Å²) in [4.78, 5) is 11.2. The zero-order valence-corrected chi connectivity index (χ0v) is 10.5. The Balaban J connectivity index is 2.38. The largest absolute Gasteiger partial charge is 0.366 e. The number of nitrogens with two attached hydrogens (primary N) is 1. The molecule has 1 aromatic rings. The average Bonchev–Trinajstić information content (AvgIpc) is 2.33. The monoisotopic (exact) mass is 232 g/mol. The lowest BCUT2D eigenvalue weighted by molar-refractivity contribution is 0.1000. The van der Waals surface area contributed by atoms with Crippen molar-refractivity contribution in [1.29, 1.82) is 0 Å². The Hall–Kier alpha value is -1.35. The molecule has 0 radical (unpaired) electrons. The molecule has 0 aliphatic carbocycles. The Morgan fingerprint density at radius 2 is 2.29 bits per heavy atom. The minimum atomic E-state index is -0.350. The van der Waals surface area contributed by atoms with E-state index < -0.39 is 0 Å². The second-order valence-electron chi connectivity index (χ2n) is 5.22. The second kappa shape index (κ2) is 4.49. The summed E-state index contributed by atoms with van der Waals surface area (Å²) in [6, 6.07) is 7.76. The summed E-state index contributed by atoms with van der Waals surface area (Å²) in [5, 5.41) is 3.41. The topological polar surface area (TPSA) is 55.1 Å². The van der Waals surface area contributed by atoms with Gasteiger partial charge in [-0.25, -0.2) is 0 Å². The van der Waals surface area contributed by atoms with Crippen LogP contribution in [0.25, 0.3) is 0 Å². The van der Waals surface area contributed by atoms with Crippen LogP contribution in [0, 0.1) is 5.92 Å². The molecule has 1 aliphatic rings. The van der Waals surface area contributed by atoms with Crippen LogP contribution in [0.4, 0.5) is 0 Å². The molecule has 1 saturated heterocycles. The van der Waals surface area contributed by atoms with Crippen molar-refractivity contribution in [2.45, 2.75) is 25.7 Å². The highest BCUT2D eigenvalue weighted by Gasteiger charge is 2.35. The van der Waals surface area contributed by atoms with Crippen LogP contribution in [-0.2, 0) is 5.41 Å². The van der Waals surface area contributed by atoms with Gasteiger partial charge in [-0.3, -0.25) is 4.79 Å². The van der Waals surface area contributed by atoms with Crippen molar-refractivity contribution in [3.8, 4) is 0 Å². The third-order valence-electron chi connectivity index (χ3n) is 4.17. The number of carbonyl (C=O) groups is 1. The van der Waals surface area contributed by atoms with E-state index in [9.17, 15) is 4.79 Å². The van der Waals surface area contributed by atoms with E-state index >= 15 is 0 Å². The van der Waals surface area contributed by atoms with Gasteiger partial charge in [-0.05, 0) is 48.5 Å². The molecule has 1 aromatic carbocycles. The van der Waals surface area contributed by atoms with Crippen molar-refractivity contribution in [3.05, 3.63) is 35.4 Å². The summed E-state index contributed by atoms with van der Waals surface area (Å²) in [5.41, 5.74) is 7.31. The van der Waals surface area contributed by atoms with Gasteiger partial charge in [-0.15, -0.1) is 0 Å². The number of primary amides is 1. The van der Waals surface area contributed by atoms with Gasteiger partial charge in [0.25, 0.3) is 0 Å². The fraction of sp³-hybridized carbons (Fsp3) is 0.500. The van der Waals surface area contributed by atoms with Gasteiger partial charge in [0.05, 0.1) is 0 Å². The molecule has 3 nitrogen and oxygen atoms in total. The highest BCUT2D eigenvalue weighted by Crippen LogP contribution is 2.37. The molecule has 1 amide bonds. The molecular formula is C14H20N2O. The lowest BCUT2D eigenvalue weighted by atomic mass is 9.68. The zero-order valence-electron chi connectivity index (χ0n) is 10.5. The molecular weight excluding hydrogens is 212 g/mol. The quantitative estimate of drug-likeness (QED) is 0.815. The van der Waals surface area contributed by atoms with Crippen molar-refractivity contribution in [1.82, 2.24) is 5.32 Å². The van der Waals surface area contributed by atoms with Crippen LogP contribution in [0.3, 0.4) is 0 Å². The molecule has 3 heteroatoms. The molecule has 92 valence electrons. The van der Waals surface area contributed by atoms with E-state index in [4.69, 9.17) is 5.73 Å². The first-order chi connectivity index (χ1) is 8.04. The molecule has 3 N–H and O–H groups in total. The van der Waals surface area contributed by atoms with E-state index in [2.05, 4.69) is 25.2 Å². The van der Waals surface area contributed by atoms with E-state index in [1.165, 1.54) is 5.56 Å². The minimum Gasteiger partial charge on any atom is -0.366 e. The smallest absolute Gasteiger partial charge is 0.248 e. The van der Waals surface area contributed by atoms with Crippen LogP contribution in [0.1, 0.15) is 36.2 Å². The number of piperidine rings is 1. The fourth-order valence-corrected chi connectivity index (χ4v) is 2.59. The lowest BCUT2D eigenvalue weighted by Crippen LogP contribution is -2.45. The summed E-state index contributed by atoms with van der Waals surface area (Å²) in [6.07, 6.45) is 1.09. The molecule has 0 spiro atoms. The number of hydrogen-bond donors (Lipinski definition) is 2. The number of hydrogen-bond acceptors (Lipinski definition) is 2. The van der Waals surface area contributed by atoms with Gasteiger partial charge in [0.1, 0.15) is 0 Å². The maximum absolute atomic E-state index is 11.2. The second-order valence-corrected chi connectivity index (χ2v) is 5.22. The molecule has 0 aromatic heterocycles. The van der Waals surface area contributed by atoms with Crippen molar-refractivity contribution in [2.24, 2.45) is 11.7 Å².